The first kappa shape index (κ1) is 15.1. The van der Waals surface area contributed by atoms with Gasteiger partial charge in [-0.1, -0.05) is 0 Å². The summed E-state index contributed by atoms with van der Waals surface area (Å²) in [6.07, 6.45) is -2.34. The summed E-state index contributed by atoms with van der Waals surface area (Å²) in [5, 5.41) is 2.09. The van der Waals surface area contributed by atoms with E-state index in [9.17, 15) is 18.0 Å². The lowest BCUT2D eigenvalue weighted by Crippen LogP contribution is -2.44. The second-order valence-electron chi connectivity index (χ2n) is 5.15. The van der Waals surface area contributed by atoms with E-state index in [1.54, 1.807) is 17.5 Å². The first-order chi connectivity index (χ1) is 10.4. The first-order valence-corrected chi connectivity index (χ1v) is 7.68. The van der Waals surface area contributed by atoms with E-state index in [0.29, 0.717) is 23.7 Å². The van der Waals surface area contributed by atoms with Crippen molar-refractivity contribution in [1.29, 1.82) is 0 Å². The average molecular weight is 330 g/mol. The van der Waals surface area contributed by atoms with Crippen LogP contribution in [0, 0.1) is 5.92 Å². The molecule has 2 aromatic heterocycles. The molecule has 4 nitrogen and oxygen atoms in total. The van der Waals surface area contributed by atoms with Gasteiger partial charge < -0.3 is 9.32 Å². The van der Waals surface area contributed by atoms with E-state index in [1.807, 2.05) is 0 Å². The van der Waals surface area contributed by atoms with Gasteiger partial charge in [0.1, 0.15) is 5.69 Å². The number of carbonyl (C=O) groups is 1. The van der Waals surface area contributed by atoms with E-state index >= 15 is 0 Å². The third-order valence-corrected chi connectivity index (χ3v) is 4.48. The van der Waals surface area contributed by atoms with Gasteiger partial charge in [0.2, 0.25) is 0 Å². The lowest BCUT2D eigenvalue weighted by Gasteiger charge is -2.33. The van der Waals surface area contributed by atoms with Crippen molar-refractivity contribution in [2.45, 2.75) is 19.0 Å². The number of thiazole rings is 1. The molecule has 1 amide bonds. The van der Waals surface area contributed by atoms with E-state index in [0.717, 1.165) is 0 Å². The van der Waals surface area contributed by atoms with Gasteiger partial charge in [0, 0.05) is 18.5 Å². The number of piperidine rings is 1. The molecule has 1 saturated heterocycles. The summed E-state index contributed by atoms with van der Waals surface area (Å²) in [5.74, 6) is -1.37. The fourth-order valence-electron chi connectivity index (χ4n) is 2.48. The molecule has 1 aliphatic heterocycles. The molecular formula is C14H13F3N2O2S. The number of hydrogen-bond donors (Lipinski definition) is 0. The molecule has 0 bridgehead atoms. The van der Waals surface area contributed by atoms with Crippen LogP contribution in [0.1, 0.15) is 23.3 Å². The van der Waals surface area contributed by atoms with E-state index in [2.05, 4.69) is 4.98 Å². The Balaban J connectivity index is 1.74. The average Bonchev–Trinajstić information content (AvgIpc) is 3.16. The van der Waals surface area contributed by atoms with E-state index in [4.69, 9.17) is 4.42 Å². The maximum absolute atomic E-state index is 12.8. The highest BCUT2D eigenvalue weighted by Gasteiger charge is 2.43. The molecule has 2 aromatic rings. The van der Waals surface area contributed by atoms with Crippen molar-refractivity contribution in [3.05, 3.63) is 29.5 Å². The molecule has 0 N–H and O–H groups in total. The molecule has 118 valence electrons. The highest BCUT2D eigenvalue weighted by atomic mass is 32.1. The van der Waals surface area contributed by atoms with E-state index in [1.165, 1.54) is 22.5 Å². The summed E-state index contributed by atoms with van der Waals surface area (Å²) >= 11 is 1.23. The monoisotopic (exact) mass is 330 g/mol. The molecule has 22 heavy (non-hydrogen) atoms. The zero-order chi connectivity index (χ0) is 15.7. The molecule has 1 aliphatic rings. The Labute approximate surface area is 128 Å². The van der Waals surface area contributed by atoms with E-state index < -0.39 is 18.0 Å². The van der Waals surface area contributed by atoms with Crippen molar-refractivity contribution < 1.29 is 22.4 Å². The largest absolute Gasteiger partial charge is 0.462 e. The molecule has 3 heterocycles. The fraction of sp³-hybridized carbons (Fsp3) is 0.429. The summed E-state index contributed by atoms with van der Waals surface area (Å²) in [5.41, 5.74) is 0.166. The highest BCUT2D eigenvalue weighted by Crippen LogP contribution is 2.34. The number of amides is 1. The van der Waals surface area contributed by atoms with Gasteiger partial charge in [-0.05, 0) is 25.0 Å². The van der Waals surface area contributed by atoms with Gasteiger partial charge in [-0.3, -0.25) is 4.79 Å². The van der Waals surface area contributed by atoms with Gasteiger partial charge in [0.05, 0.1) is 12.2 Å². The van der Waals surface area contributed by atoms with E-state index in [-0.39, 0.29) is 18.7 Å². The summed E-state index contributed by atoms with van der Waals surface area (Å²) < 4.78 is 43.6. The lowest BCUT2D eigenvalue weighted by molar-refractivity contribution is -0.184. The van der Waals surface area contributed by atoms with Gasteiger partial charge in [0.15, 0.2) is 10.8 Å². The summed E-state index contributed by atoms with van der Waals surface area (Å²) in [7, 11) is 0. The van der Waals surface area contributed by atoms with Crippen molar-refractivity contribution in [3.63, 3.8) is 0 Å². The molecule has 0 aromatic carbocycles. The van der Waals surface area contributed by atoms with Crippen molar-refractivity contribution >= 4 is 17.2 Å². The first-order valence-electron chi connectivity index (χ1n) is 6.80. The number of carbonyl (C=O) groups excluding carboxylic acids is 1. The Kier molecular flexibility index (Phi) is 3.94. The van der Waals surface area contributed by atoms with Crippen LogP contribution in [0.3, 0.4) is 0 Å². The molecule has 0 radical (unpaired) electrons. The number of likely N-dealkylation sites (tertiary alicyclic amines) is 1. The number of rotatable bonds is 2. The van der Waals surface area contributed by atoms with Crippen LogP contribution in [-0.2, 0) is 0 Å². The number of nitrogens with zero attached hydrogens (tertiary/aromatic N) is 2. The molecule has 1 fully saturated rings. The van der Waals surface area contributed by atoms with Gasteiger partial charge in [-0.15, -0.1) is 11.3 Å². The normalized spacial score (nSPS) is 19.4. The van der Waals surface area contributed by atoms with Crippen LogP contribution in [0.25, 0.3) is 10.8 Å². The van der Waals surface area contributed by atoms with Gasteiger partial charge in [-0.25, -0.2) is 4.98 Å². The number of aromatic nitrogens is 1. The molecule has 3 rings (SSSR count). The van der Waals surface area contributed by atoms with Crippen molar-refractivity contribution in [3.8, 4) is 10.8 Å². The topological polar surface area (TPSA) is 46.3 Å². The third kappa shape index (κ3) is 3.01. The van der Waals surface area contributed by atoms with Crippen molar-refractivity contribution in [1.82, 2.24) is 9.88 Å². The zero-order valence-corrected chi connectivity index (χ0v) is 12.3. The van der Waals surface area contributed by atoms with Gasteiger partial charge in [0.25, 0.3) is 5.91 Å². The maximum Gasteiger partial charge on any atom is 0.393 e. The molecule has 0 unspecified atom stereocenters. The minimum absolute atomic E-state index is 0.0714. The smallest absolute Gasteiger partial charge is 0.393 e. The Bertz CT molecular complexity index is 651. The standard InChI is InChI=1S/C14H13F3N2O2S/c15-14(16,17)9-3-1-5-19(7-9)13(20)10-8-22-12(18-10)11-4-2-6-21-11/h2,4,6,8-9H,1,3,5,7H2/t9-/m1/s1. The lowest BCUT2D eigenvalue weighted by atomic mass is 9.97. The summed E-state index contributed by atoms with van der Waals surface area (Å²) in [6, 6.07) is 3.42. The predicted molar refractivity (Wildman–Crippen MR) is 74.5 cm³/mol. The summed E-state index contributed by atoms with van der Waals surface area (Å²) in [4.78, 5) is 17.7. The fourth-order valence-corrected chi connectivity index (χ4v) is 3.24. The summed E-state index contributed by atoms with van der Waals surface area (Å²) in [6.45, 7) is 0.0367. The molecule has 0 saturated carbocycles. The Hall–Kier alpha value is -1.83. The van der Waals surface area contributed by atoms with Crippen LogP contribution in [0.2, 0.25) is 0 Å². The minimum Gasteiger partial charge on any atom is -0.462 e. The molecule has 0 spiro atoms. The molecular weight excluding hydrogens is 317 g/mol. The van der Waals surface area contributed by atoms with Crippen LogP contribution in [0.4, 0.5) is 13.2 Å². The SMILES string of the molecule is O=C(c1csc(-c2ccco2)n1)N1CCC[C@@H](C(F)(F)F)C1. The Morgan fingerprint density at radius 1 is 1.45 bits per heavy atom. The minimum atomic E-state index is -4.26. The Morgan fingerprint density at radius 3 is 2.95 bits per heavy atom. The maximum atomic E-state index is 12.8. The predicted octanol–water partition coefficient (Wildman–Crippen LogP) is 3.82. The van der Waals surface area contributed by atoms with Crippen LogP contribution in [0.15, 0.2) is 28.2 Å². The Morgan fingerprint density at radius 2 is 2.27 bits per heavy atom. The highest BCUT2D eigenvalue weighted by molar-refractivity contribution is 7.13. The van der Waals surface area contributed by atoms with Crippen LogP contribution >= 0.6 is 11.3 Å². The van der Waals surface area contributed by atoms with Crippen LogP contribution in [-0.4, -0.2) is 35.1 Å². The third-order valence-electron chi connectivity index (χ3n) is 3.63. The molecule has 1 atom stereocenters. The zero-order valence-electron chi connectivity index (χ0n) is 11.5. The van der Waals surface area contributed by atoms with Crippen LogP contribution in [0.5, 0.6) is 0 Å². The second-order valence-corrected chi connectivity index (χ2v) is 6.01. The van der Waals surface area contributed by atoms with Gasteiger partial charge >= 0.3 is 6.18 Å². The molecule has 8 heteroatoms. The second kappa shape index (κ2) is 5.75. The number of alkyl halides is 3. The quantitative estimate of drug-likeness (QED) is 0.841. The van der Waals surface area contributed by atoms with Crippen molar-refractivity contribution in [2.75, 3.05) is 13.1 Å². The number of furan rings is 1. The number of halogens is 3. The molecule has 0 aliphatic carbocycles. The van der Waals surface area contributed by atoms with Crippen LogP contribution < -0.4 is 0 Å². The van der Waals surface area contributed by atoms with Gasteiger partial charge in [-0.2, -0.15) is 13.2 Å². The van der Waals surface area contributed by atoms with Crippen molar-refractivity contribution in [2.24, 2.45) is 5.92 Å². The number of hydrogen-bond acceptors (Lipinski definition) is 4.